The van der Waals surface area contributed by atoms with E-state index in [4.69, 9.17) is 9.47 Å². The number of nitrogens with zero attached hydrogens (tertiary/aromatic N) is 2. The molecule has 0 saturated heterocycles. The maximum Gasteiger partial charge on any atom is 0.325 e. The van der Waals surface area contributed by atoms with Gasteiger partial charge in [0.15, 0.2) is 0 Å². The van der Waals surface area contributed by atoms with E-state index in [1.54, 1.807) is 18.9 Å². The van der Waals surface area contributed by atoms with Crippen LogP contribution in [0.25, 0.3) is 10.9 Å². The third-order valence-electron chi connectivity index (χ3n) is 5.97. The predicted octanol–water partition coefficient (Wildman–Crippen LogP) is 3.35. The molecule has 0 atom stereocenters. The summed E-state index contributed by atoms with van der Waals surface area (Å²) in [4.78, 5) is 44.6. The van der Waals surface area contributed by atoms with Crippen molar-refractivity contribution >= 4 is 28.8 Å². The van der Waals surface area contributed by atoms with Crippen LogP contribution < -0.4 is 5.32 Å². The second-order valence-corrected chi connectivity index (χ2v) is 8.64. The summed E-state index contributed by atoms with van der Waals surface area (Å²) in [6.45, 7) is 3.25. The second-order valence-electron chi connectivity index (χ2n) is 8.64. The zero-order valence-corrected chi connectivity index (χ0v) is 21.6. The van der Waals surface area contributed by atoms with Crippen molar-refractivity contribution in [2.45, 2.75) is 26.3 Å². The van der Waals surface area contributed by atoms with Gasteiger partial charge in [-0.3, -0.25) is 9.59 Å². The number of aromatic amines is 1. The first-order valence-corrected chi connectivity index (χ1v) is 12.6. The lowest BCUT2D eigenvalue weighted by molar-refractivity contribution is -0.141. The summed E-state index contributed by atoms with van der Waals surface area (Å²) >= 11 is 0. The molecule has 3 rings (SSSR count). The summed E-state index contributed by atoms with van der Waals surface area (Å²) < 4.78 is 10.0. The highest BCUT2D eigenvalue weighted by atomic mass is 16.5. The minimum absolute atomic E-state index is 0.112. The maximum atomic E-state index is 13.5. The van der Waals surface area contributed by atoms with Crippen molar-refractivity contribution in [1.82, 2.24) is 20.1 Å². The van der Waals surface area contributed by atoms with Crippen LogP contribution >= 0.6 is 0 Å². The fourth-order valence-electron chi connectivity index (χ4n) is 4.08. The third kappa shape index (κ3) is 8.64. The van der Waals surface area contributed by atoms with E-state index in [0.717, 1.165) is 22.0 Å². The standard InChI is InChI=1S/C28H36N4O5/c1-3-37-27(34)19-30-28(35)32(15-9-17-36-2)21-26(33)31(20-22-10-5-4-6-11-22)16-14-23-18-29-25-13-8-7-12-24(23)25/h4-8,10-13,18,29H,3,9,14-17,19-21H2,1-2H3,(H,30,35). The first kappa shape index (κ1) is 27.7. The first-order chi connectivity index (χ1) is 18.0. The number of aromatic nitrogens is 1. The van der Waals surface area contributed by atoms with Crippen LogP contribution in [0.3, 0.4) is 0 Å². The zero-order valence-electron chi connectivity index (χ0n) is 21.6. The normalized spacial score (nSPS) is 10.8. The van der Waals surface area contributed by atoms with E-state index in [1.807, 2.05) is 54.7 Å². The smallest absolute Gasteiger partial charge is 0.325 e. The second kappa shape index (κ2) is 14.6. The van der Waals surface area contributed by atoms with Gasteiger partial charge in [-0.15, -0.1) is 0 Å². The van der Waals surface area contributed by atoms with E-state index in [2.05, 4.69) is 16.4 Å². The van der Waals surface area contributed by atoms with E-state index in [9.17, 15) is 14.4 Å². The number of H-pyrrole nitrogens is 1. The van der Waals surface area contributed by atoms with E-state index >= 15 is 0 Å². The average molecular weight is 509 g/mol. The largest absolute Gasteiger partial charge is 0.465 e. The Bertz CT molecular complexity index is 1150. The lowest BCUT2D eigenvalue weighted by atomic mass is 10.1. The molecule has 3 aromatic rings. The van der Waals surface area contributed by atoms with Gasteiger partial charge in [-0.25, -0.2) is 4.79 Å². The molecule has 2 aromatic carbocycles. The average Bonchev–Trinajstić information content (AvgIpc) is 3.33. The number of fused-ring (bicyclic) bond motifs is 1. The number of amides is 3. The number of hydrogen-bond donors (Lipinski definition) is 2. The molecule has 0 spiro atoms. The topological polar surface area (TPSA) is 104 Å². The fourth-order valence-corrected chi connectivity index (χ4v) is 4.08. The van der Waals surface area contributed by atoms with Crippen LogP contribution in [0.5, 0.6) is 0 Å². The number of esters is 1. The highest BCUT2D eigenvalue weighted by molar-refractivity contribution is 5.86. The highest BCUT2D eigenvalue weighted by Crippen LogP contribution is 2.19. The molecule has 1 aromatic heterocycles. The van der Waals surface area contributed by atoms with Crippen molar-refractivity contribution in [2.75, 3.05) is 46.5 Å². The number of para-hydroxylation sites is 1. The third-order valence-corrected chi connectivity index (χ3v) is 5.97. The van der Waals surface area contributed by atoms with Crippen LogP contribution in [0.4, 0.5) is 4.79 Å². The van der Waals surface area contributed by atoms with Gasteiger partial charge in [-0.05, 0) is 37.0 Å². The summed E-state index contributed by atoms with van der Waals surface area (Å²) in [5.74, 6) is -0.698. The molecule has 3 amide bonds. The number of ether oxygens (including phenoxy) is 2. The van der Waals surface area contributed by atoms with E-state index in [0.29, 0.717) is 39.1 Å². The number of rotatable bonds is 14. The van der Waals surface area contributed by atoms with Gasteiger partial charge in [0.2, 0.25) is 5.91 Å². The van der Waals surface area contributed by atoms with Crippen LogP contribution in [-0.4, -0.2) is 79.2 Å². The van der Waals surface area contributed by atoms with Crippen molar-refractivity contribution < 1.29 is 23.9 Å². The molecule has 0 unspecified atom stereocenters. The predicted molar refractivity (Wildman–Crippen MR) is 142 cm³/mol. The summed E-state index contributed by atoms with van der Waals surface area (Å²) in [6, 6.07) is 17.4. The van der Waals surface area contributed by atoms with Gasteiger partial charge in [0, 0.05) is 50.5 Å². The van der Waals surface area contributed by atoms with Crippen LogP contribution in [0.1, 0.15) is 24.5 Å². The van der Waals surface area contributed by atoms with Gasteiger partial charge in [-0.1, -0.05) is 48.5 Å². The van der Waals surface area contributed by atoms with Gasteiger partial charge < -0.3 is 29.6 Å². The molecule has 37 heavy (non-hydrogen) atoms. The van der Waals surface area contributed by atoms with Crippen molar-refractivity contribution in [3.63, 3.8) is 0 Å². The molecule has 9 nitrogen and oxygen atoms in total. The minimum atomic E-state index is -0.525. The Morgan fingerprint density at radius 3 is 2.49 bits per heavy atom. The quantitative estimate of drug-likeness (QED) is 0.257. The lowest BCUT2D eigenvalue weighted by Crippen LogP contribution is -2.48. The molecule has 0 aliphatic heterocycles. The zero-order chi connectivity index (χ0) is 26.5. The number of methoxy groups -OCH3 is 1. The molecular formula is C28H36N4O5. The number of urea groups is 1. The van der Waals surface area contributed by atoms with Crippen LogP contribution in [-0.2, 0) is 32.0 Å². The van der Waals surface area contributed by atoms with Gasteiger partial charge in [0.1, 0.15) is 13.1 Å². The molecule has 0 radical (unpaired) electrons. The van der Waals surface area contributed by atoms with E-state index in [1.165, 1.54) is 4.90 Å². The molecule has 0 bridgehead atoms. The Kier molecular flexibility index (Phi) is 11.0. The molecule has 0 fully saturated rings. The van der Waals surface area contributed by atoms with Crippen molar-refractivity contribution in [3.8, 4) is 0 Å². The Labute approximate surface area is 217 Å². The molecule has 0 saturated carbocycles. The van der Waals surface area contributed by atoms with Crippen molar-refractivity contribution in [3.05, 3.63) is 71.9 Å². The molecule has 0 aliphatic carbocycles. The SMILES string of the molecule is CCOC(=O)CNC(=O)N(CCCOC)CC(=O)N(CCc1c[nH]c2ccccc12)Cc1ccccc1. The van der Waals surface area contributed by atoms with Gasteiger partial charge >= 0.3 is 12.0 Å². The Morgan fingerprint density at radius 2 is 1.73 bits per heavy atom. The van der Waals surface area contributed by atoms with Gasteiger partial charge in [0.25, 0.3) is 0 Å². The van der Waals surface area contributed by atoms with E-state index < -0.39 is 12.0 Å². The molecular weight excluding hydrogens is 472 g/mol. The Morgan fingerprint density at radius 1 is 0.973 bits per heavy atom. The maximum absolute atomic E-state index is 13.5. The summed E-state index contributed by atoms with van der Waals surface area (Å²) in [6.07, 6.45) is 3.21. The van der Waals surface area contributed by atoms with Crippen LogP contribution in [0.2, 0.25) is 0 Å². The Hall–Kier alpha value is -3.85. The highest BCUT2D eigenvalue weighted by Gasteiger charge is 2.22. The van der Waals surface area contributed by atoms with E-state index in [-0.39, 0.29) is 25.6 Å². The number of carbonyl (C=O) groups is 3. The molecule has 198 valence electrons. The minimum Gasteiger partial charge on any atom is -0.465 e. The van der Waals surface area contributed by atoms with Gasteiger partial charge in [-0.2, -0.15) is 0 Å². The number of hydrogen-bond acceptors (Lipinski definition) is 5. The monoisotopic (exact) mass is 508 g/mol. The van der Waals surface area contributed by atoms with Crippen molar-refractivity contribution in [1.29, 1.82) is 0 Å². The fraction of sp³-hybridized carbons (Fsp3) is 0.393. The summed E-state index contributed by atoms with van der Waals surface area (Å²) in [5, 5.41) is 3.69. The number of benzene rings is 2. The van der Waals surface area contributed by atoms with Crippen molar-refractivity contribution in [2.24, 2.45) is 0 Å². The first-order valence-electron chi connectivity index (χ1n) is 12.6. The summed E-state index contributed by atoms with van der Waals surface area (Å²) in [7, 11) is 1.59. The van der Waals surface area contributed by atoms with Crippen LogP contribution in [0, 0.1) is 0 Å². The Balaban J connectivity index is 1.72. The molecule has 2 N–H and O–H groups in total. The molecule has 9 heteroatoms. The summed E-state index contributed by atoms with van der Waals surface area (Å²) in [5.41, 5.74) is 3.19. The molecule has 0 aliphatic rings. The number of nitrogens with one attached hydrogen (secondary N) is 2. The van der Waals surface area contributed by atoms with Gasteiger partial charge in [0.05, 0.1) is 6.61 Å². The van der Waals surface area contributed by atoms with Crippen LogP contribution in [0.15, 0.2) is 60.8 Å². The number of carbonyl (C=O) groups excluding carboxylic acids is 3. The molecule has 1 heterocycles. The lowest BCUT2D eigenvalue weighted by Gasteiger charge is -2.28.